The van der Waals surface area contributed by atoms with Gasteiger partial charge >= 0.3 is 5.69 Å². The maximum atomic E-state index is 10.9. The maximum Gasteiger partial charge on any atom is 0.310 e. The van der Waals surface area contributed by atoms with Gasteiger partial charge in [-0.25, -0.2) is 0 Å². The first-order valence-corrected chi connectivity index (χ1v) is 7.89. The van der Waals surface area contributed by atoms with Crippen molar-refractivity contribution in [2.75, 3.05) is 19.7 Å². The predicted molar refractivity (Wildman–Crippen MR) is 88.6 cm³/mol. The largest absolute Gasteiger partial charge is 1.00 e. The topological polar surface area (TPSA) is 55.6 Å². The molecule has 0 atom stereocenters. The van der Waals surface area contributed by atoms with E-state index < -0.39 is 4.92 Å². The molecule has 0 amide bonds. The smallest absolute Gasteiger partial charge is 0.310 e. The van der Waals surface area contributed by atoms with Crippen molar-refractivity contribution in [1.82, 2.24) is 4.90 Å². The molecule has 0 fully saturated rings. The van der Waals surface area contributed by atoms with Crippen LogP contribution in [-0.2, 0) is 13.0 Å². The molecule has 2 aromatic carbocycles. The number of fused-ring (bicyclic) bond motifs is 1. The third kappa shape index (κ3) is 4.46. The molecule has 1 aliphatic heterocycles. The van der Waals surface area contributed by atoms with Crippen LogP contribution in [0.1, 0.15) is 17.5 Å². The first kappa shape index (κ1) is 18.2. The van der Waals surface area contributed by atoms with Crippen LogP contribution in [0.25, 0.3) is 0 Å². The Bertz CT molecular complexity index is 693. The molecule has 0 aromatic heterocycles. The Kier molecular flexibility index (Phi) is 6.58. The van der Waals surface area contributed by atoms with Gasteiger partial charge in [0.25, 0.3) is 0 Å². The molecular formula is C18H20ClN2O3-. The van der Waals surface area contributed by atoms with Gasteiger partial charge in [0, 0.05) is 25.7 Å². The zero-order chi connectivity index (χ0) is 16.1. The van der Waals surface area contributed by atoms with Crippen molar-refractivity contribution in [3.63, 3.8) is 0 Å². The number of halogens is 1. The van der Waals surface area contributed by atoms with Crippen LogP contribution in [0.4, 0.5) is 5.69 Å². The van der Waals surface area contributed by atoms with Gasteiger partial charge in [0.05, 0.1) is 11.5 Å². The third-order valence-electron chi connectivity index (χ3n) is 4.15. The highest BCUT2D eigenvalue weighted by molar-refractivity contribution is 5.45. The zero-order valence-electron chi connectivity index (χ0n) is 13.4. The van der Waals surface area contributed by atoms with Crippen LogP contribution >= 0.6 is 0 Å². The minimum Gasteiger partial charge on any atom is -1.00 e. The van der Waals surface area contributed by atoms with E-state index >= 15 is 0 Å². The molecule has 0 spiro atoms. The van der Waals surface area contributed by atoms with Crippen molar-refractivity contribution < 1.29 is 22.1 Å². The minimum atomic E-state index is -0.406. The number of ether oxygens (including phenoxy) is 1. The minimum absolute atomic E-state index is 0. The lowest BCUT2D eigenvalue weighted by molar-refractivity contribution is -0.385. The van der Waals surface area contributed by atoms with Gasteiger partial charge in [0.1, 0.15) is 0 Å². The molecule has 0 unspecified atom stereocenters. The van der Waals surface area contributed by atoms with Gasteiger partial charge in [-0.3, -0.25) is 15.0 Å². The van der Waals surface area contributed by atoms with Gasteiger partial charge in [-0.05, 0) is 30.0 Å². The quantitative estimate of drug-likeness (QED) is 0.432. The van der Waals surface area contributed by atoms with Crippen LogP contribution in [0.5, 0.6) is 5.75 Å². The summed E-state index contributed by atoms with van der Waals surface area (Å²) in [6.07, 6.45) is 1.94. The molecule has 0 saturated heterocycles. The number of rotatable bonds is 6. The Hall–Kier alpha value is -2.11. The molecule has 0 saturated carbocycles. The van der Waals surface area contributed by atoms with Crippen molar-refractivity contribution in [2.24, 2.45) is 0 Å². The van der Waals surface area contributed by atoms with Crippen molar-refractivity contribution in [2.45, 2.75) is 19.4 Å². The van der Waals surface area contributed by atoms with Crippen LogP contribution in [0, 0.1) is 10.1 Å². The number of para-hydroxylation sites is 2. The molecule has 5 nitrogen and oxygen atoms in total. The number of nitro groups is 1. The Morgan fingerprint density at radius 2 is 1.79 bits per heavy atom. The second kappa shape index (κ2) is 8.66. The monoisotopic (exact) mass is 347 g/mol. The van der Waals surface area contributed by atoms with E-state index in [0.717, 1.165) is 32.5 Å². The molecule has 24 heavy (non-hydrogen) atoms. The number of hydrogen-bond acceptors (Lipinski definition) is 4. The summed E-state index contributed by atoms with van der Waals surface area (Å²) >= 11 is 0. The van der Waals surface area contributed by atoms with Crippen LogP contribution in [0.3, 0.4) is 0 Å². The maximum absolute atomic E-state index is 10.9. The average molecular weight is 348 g/mol. The molecule has 1 heterocycles. The number of hydrogen-bond donors (Lipinski definition) is 0. The lowest BCUT2D eigenvalue weighted by atomic mass is 10.00. The van der Waals surface area contributed by atoms with Crippen LogP contribution in [0.2, 0.25) is 0 Å². The van der Waals surface area contributed by atoms with Crippen LogP contribution in [-0.4, -0.2) is 29.5 Å². The molecular weight excluding hydrogens is 328 g/mol. The second-order valence-corrected chi connectivity index (χ2v) is 5.72. The average Bonchev–Trinajstić information content (AvgIpc) is 2.59. The van der Waals surface area contributed by atoms with Gasteiger partial charge in [-0.15, -0.1) is 0 Å². The molecule has 3 rings (SSSR count). The SMILES string of the molecule is O=[N+]([O-])c1ccccc1OCCCN1CCc2ccccc2C1.[Cl-]. The van der Waals surface area contributed by atoms with Crippen LogP contribution < -0.4 is 17.1 Å². The molecule has 0 radical (unpaired) electrons. The molecule has 1 aliphatic rings. The summed E-state index contributed by atoms with van der Waals surface area (Å²) in [5, 5.41) is 10.9. The van der Waals surface area contributed by atoms with Crippen LogP contribution in [0.15, 0.2) is 48.5 Å². The summed E-state index contributed by atoms with van der Waals surface area (Å²) in [7, 11) is 0. The van der Waals surface area contributed by atoms with E-state index in [0.29, 0.717) is 12.4 Å². The van der Waals surface area contributed by atoms with Gasteiger partial charge < -0.3 is 17.1 Å². The molecule has 2 aromatic rings. The highest BCUT2D eigenvalue weighted by atomic mass is 35.5. The third-order valence-corrected chi connectivity index (χ3v) is 4.15. The number of benzene rings is 2. The number of nitrogens with zero attached hydrogens (tertiary/aromatic N) is 2. The lowest BCUT2D eigenvalue weighted by Crippen LogP contribution is -3.00. The Morgan fingerprint density at radius 1 is 1.08 bits per heavy atom. The lowest BCUT2D eigenvalue weighted by Gasteiger charge is -2.28. The molecule has 6 heteroatoms. The van der Waals surface area contributed by atoms with Crippen molar-refractivity contribution in [3.05, 3.63) is 69.8 Å². The van der Waals surface area contributed by atoms with Gasteiger partial charge in [0.15, 0.2) is 5.75 Å². The van der Waals surface area contributed by atoms with Crippen molar-refractivity contribution >= 4 is 5.69 Å². The van der Waals surface area contributed by atoms with E-state index in [9.17, 15) is 10.1 Å². The van der Waals surface area contributed by atoms with Gasteiger partial charge in [-0.2, -0.15) is 0 Å². The second-order valence-electron chi connectivity index (χ2n) is 5.72. The van der Waals surface area contributed by atoms with E-state index in [1.165, 1.54) is 17.2 Å². The van der Waals surface area contributed by atoms with E-state index in [4.69, 9.17) is 4.74 Å². The first-order chi connectivity index (χ1) is 11.2. The molecule has 128 valence electrons. The Morgan fingerprint density at radius 3 is 2.58 bits per heavy atom. The molecule has 0 aliphatic carbocycles. The number of nitro benzene ring substituents is 1. The van der Waals surface area contributed by atoms with Crippen molar-refractivity contribution in [3.8, 4) is 5.75 Å². The van der Waals surface area contributed by atoms with E-state index in [1.54, 1.807) is 18.2 Å². The highest BCUT2D eigenvalue weighted by Gasteiger charge is 2.16. The molecule has 0 bridgehead atoms. The summed E-state index contributed by atoms with van der Waals surface area (Å²) in [5.41, 5.74) is 2.87. The fourth-order valence-corrected chi connectivity index (χ4v) is 2.95. The van der Waals surface area contributed by atoms with E-state index in [2.05, 4.69) is 29.2 Å². The molecule has 0 N–H and O–H groups in total. The Balaban J connectivity index is 0.00000208. The van der Waals surface area contributed by atoms with Gasteiger partial charge in [0.2, 0.25) is 0 Å². The van der Waals surface area contributed by atoms with E-state index in [1.807, 2.05) is 0 Å². The fourth-order valence-electron chi connectivity index (χ4n) is 2.95. The van der Waals surface area contributed by atoms with Gasteiger partial charge in [-0.1, -0.05) is 36.4 Å². The van der Waals surface area contributed by atoms with E-state index in [-0.39, 0.29) is 18.1 Å². The normalized spacial score (nSPS) is 13.7. The fraction of sp³-hybridized carbons (Fsp3) is 0.333. The summed E-state index contributed by atoms with van der Waals surface area (Å²) in [6.45, 7) is 3.46. The Labute approximate surface area is 147 Å². The van der Waals surface area contributed by atoms with Crippen molar-refractivity contribution in [1.29, 1.82) is 0 Å². The summed E-state index contributed by atoms with van der Waals surface area (Å²) in [4.78, 5) is 12.9. The predicted octanol–water partition coefficient (Wildman–Crippen LogP) is 0.426. The highest BCUT2D eigenvalue weighted by Crippen LogP contribution is 2.26. The summed E-state index contributed by atoms with van der Waals surface area (Å²) in [6, 6.07) is 15.1. The standard InChI is InChI=1S/C18H20N2O3.ClH/c21-20(22)17-8-3-4-9-18(17)23-13-5-11-19-12-10-15-6-1-2-7-16(15)14-19;/h1-4,6-9H,5,10-14H2;1H/p-1. The summed E-state index contributed by atoms with van der Waals surface area (Å²) in [5.74, 6) is 0.349. The first-order valence-electron chi connectivity index (χ1n) is 7.89. The zero-order valence-corrected chi connectivity index (χ0v) is 14.1. The summed E-state index contributed by atoms with van der Waals surface area (Å²) < 4.78 is 5.59.